The SMILES string of the molecule is CN(Cc1ccoc1)S(=O)(=O)c1cc(N)ccc1Cl. The van der Waals surface area contributed by atoms with Crippen molar-refractivity contribution in [2.75, 3.05) is 12.8 Å². The quantitative estimate of drug-likeness (QED) is 0.879. The van der Waals surface area contributed by atoms with Crippen LogP contribution < -0.4 is 5.73 Å². The fraction of sp³-hybridized carbons (Fsp3) is 0.167. The number of sulfonamides is 1. The van der Waals surface area contributed by atoms with Gasteiger partial charge in [0, 0.05) is 24.8 Å². The summed E-state index contributed by atoms with van der Waals surface area (Å²) in [6.07, 6.45) is 2.98. The summed E-state index contributed by atoms with van der Waals surface area (Å²) in [7, 11) is -2.21. The van der Waals surface area contributed by atoms with E-state index in [1.807, 2.05) is 0 Å². The molecule has 1 aromatic heterocycles. The van der Waals surface area contributed by atoms with Crippen LogP contribution in [-0.4, -0.2) is 19.8 Å². The molecule has 0 unspecified atom stereocenters. The topological polar surface area (TPSA) is 76.5 Å². The van der Waals surface area contributed by atoms with Gasteiger partial charge in [0.1, 0.15) is 4.90 Å². The van der Waals surface area contributed by atoms with E-state index in [1.54, 1.807) is 12.1 Å². The molecule has 0 aliphatic heterocycles. The van der Waals surface area contributed by atoms with Crippen LogP contribution in [0.25, 0.3) is 0 Å². The second kappa shape index (κ2) is 5.24. The van der Waals surface area contributed by atoms with Crippen molar-refractivity contribution in [3.8, 4) is 0 Å². The third-order valence-electron chi connectivity index (χ3n) is 2.63. The molecule has 0 aliphatic rings. The Bertz CT molecular complexity index is 668. The van der Waals surface area contributed by atoms with Crippen molar-refractivity contribution >= 4 is 27.3 Å². The lowest BCUT2D eigenvalue weighted by Crippen LogP contribution is -2.26. The maximum absolute atomic E-state index is 12.4. The van der Waals surface area contributed by atoms with Gasteiger partial charge in [0.05, 0.1) is 17.5 Å². The normalized spacial score (nSPS) is 11.9. The van der Waals surface area contributed by atoms with Crippen LogP contribution >= 0.6 is 11.6 Å². The Labute approximate surface area is 116 Å². The van der Waals surface area contributed by atoms with E-state index in [9.17, 15) is 8.42 Å². The molecule has 2 aromatic rings. The smallest absolute Gasteiger partial charge is 0.244 e. The average Bonchev–Trinajstić information content (AvgIpc) is 2.85. The van der Waals surface area contributed by atoms with E-state index in [0.717, 1.165) is 5.56 Å². The van der Waals surface area contributed by atoms with Gasteiger partial charge in [0.25, 0.3) is 0 Å². The number of halogens is 1. The summed E-state index contributed by atoms with van der Waals surface area (Å²) < 4.78 is 30.9. The molecule has 0 radical (unpaired) electrons. The van der Waals surface area contributed by atoms with E-state index in [1.165, 1.54) is 36.0 Å². The summed E-state index contributed by atoms with van der Waals surface area (Å²) in [5.74, 6) is 0. The van der Waals surface area contributed by atoms with Crippen LogP contribution in [0.4, 0.5) is 5.69 Å². The van der Waals surface area contributed by atoms with E-state index in [2.05, 4.69) is 0 Å². The van der Waals surface area contributed by atoms with Gasteiger partial charge in [-0.25, -0.2) is 8.42 Å². The first-order valence-corrected chi connectivity index (χ1v) is 7.25. The van der Waals surface area contributed by atoms with Crippen molar-refractivity contribution in [2.45, 2.75) is 11.4 Å². The first-order chi connectivity index (χ1) is 8.91. The van der Waals surface area contributed by atoms with Gasteiger partial charge in [-0.05, 0) is 24.3 Å². The second-order valence-electron chi connectivity index (χ2n) is 4.08. The van der Waals surface area contributed by atoms with Gasteiger partial charge >= 0.3 is 0 Å². The van der Waals surface area contributed by atoms with Crippen LogP contribution in [0, 0.1) is 0 Å². The summed E-state index contributed by atoms with van der Waals surface area (Å²) in [6, 6.07) is 6.07. The molecule has 5 nitrogen and oxygen atoms in total. The van der Waals surface area contributed by atoms with Crippen LogP contribution in [0.5, 0.6) is 0 Å². The molecule has 0 atom stereocenters. The van der Waals surface area contributed by atoms with Crippen LogP contribution in [0.1, 0.15) is 5.56 Å². The van der Waals surface area contributed by atoms with Gasteiger partial charge < -0.3 is 10.2 Å². The van der Waals surface area contributed by atoms with Gasteiger partial charge in [-0.15, -0.1) is 0 Å². The third kappa shape index (κ3) is 2.91. The van der Waals surface area contributed by atoms with Crippen molar-refractivity contribution < 1.29 is 12.8 Å². The molecule has 0 amide bonds. The zero-order valence-electron chi connectivity index (χ0n) is 10.2. The minimum absolute atomic E-state index is 0.000150. The van der Waals surface area contributed by atoms with Gasteiger partial charge in [-0.1, -0.05) is 11.6 Å². The van der Waals surface area contributed by atoms with Crippen molar-refractivity contribution in [3.05, 3.63) is 47.4 Å². The minimum atomic E-state index is -3.69. The highest BCUT2D eigenvalue weighted by Gasteiger charge is 2.24. The molecular weight excluding hydrogens is 288 g/mol. The Morgan fingerprint density at radius 2 is 2.11 bits per heavy atom. The maximum atomic E-state index is 12.4. The van der Waals surface area contributed by atoms with Crippen LogP contribution in [0.15, 0.2) is 46.1 Å². The number of nitrogens with two attached hydrogens (primary N) is 1. The van der Waals surface area contributed by atoms with Crippen LogP contribution in [-0.2, 0) is 16.6 Å². The molecule has 0 fully saturated rings. The second-order valence-corrected chi connectivity index (χ2v) is 6.50. The van der Waals surface area contributed by atoms with E-state index in [0.29, 0.717) is 5.69 Å². The average molecular weight is 301 g/mol. The maximum Gasteiger partial charge on any atom is 0.244 e. The summed E-state index contributed by atoms with van der Waals surface area (Å²) >= 11 is 5.93. The Morgan fingerprint density at radius 3 is 2.74 bits per heavy atom. The van der Waals surface area contributed by atoms with Crippen molar-refractivity contribution in [3.63, 3.8) is 0 Å². The van der Waals surface area contributed by atoms with Gasteiger partial charge in [0.15, 0.2) is 0 Å². The zero-order valence-corrected chi connectivity index (χ0v) is 11.8. The number of benzene rings is 1. The molecule has 2 rings (SSSR count). The molecule has 0 bridgehead atoms. The summed E-state index contributed by atoms with van der Waals surface area (Å²) in [6.45, 7) is 0.198. The number of furan rings is 1. The molecule has 0 spiro atoms. The molecule has 0 aliphatic carbocycles. The number of nitrogens with zero attached hydrogens (tertiary/aromatic N) is 1. The molecule has 1 heterocycles. The lowest BCUT2D eigenvalue weighted by Gasteiger charge is -2.17. The van der Waals surface area contributed by atoms with E-state index >= 15 is 0 Å². The number of nitrogen functional groups attached to an aromatic ring is 1. The summed E-state index contributed by atoms with van der Waals surface area (Å²) in [4.78, 5) is 0.000150. The Kier molecular flexibility index (Phi) is 3.84. The Balaban J connectivity index is 2.33. The van der Waals surface area contributed by atoms with Crippen molar-refractivity contribution in [1.82, 2.24) is 4.31 Å². The first kappa shape index (κ1) is 13.9. The van der Waals surface area contributed by atoms with Gasteiger partial charge in [0.2, 0.25) is 10.0 Å². The fourth-order valence-corrected chi connectivity index (χ4v) is 3.27. The summed E-state index contributed by atoms with van der Waals surface area (Å²) in [5, 5.41) is 0.147. The van der Waals surface area contributed by atoms with E-state index < -0.39 is 10.0 Å². The lowest BCUT2D eigenvalue weighted by molar-refractivity contribution is 0.463. The zero-order chi connectivity index (χ0) is 14.0. The molecule has 19 heavy (non-hydrogen) atoms. The Hall–Kier alpha value is -1.50. The van der Waals surface area contributed by atoms with Crippen molar-refractivity contribution in [1.29, 1.82) is 0 Å². The Morgan fingerprint density at radius 1 is 1.37 bits per heavy atom. The molecule has 0 saturated carbocycles. The fourth-order valence-electron chi connectivity index (χ4n) is 1.61. The molecule has 1 aromatic carbocycles. The molecule has 2 N–H and O–H groups in total. The third-order valence-corrected chi connectivity index (χ3v) is 4.91. The standard InChI is InChI=1S/C12H13ClN2O3S/c1-15(7-9-4-5-18-8-9)19(16,17)12-6-10(14)2-3-11(12)13/h2-6,8H,7,14H2,1H3. The number of rotatable bonds is 4. The van der Waals surface area contributed by atoms with E-state index in [-0.39, 0.29) is 16.5 Å². The predicted octanol–water partition coefficient (Wildman–Crippen LogP) is 2.34. The molecule has 102 valence electrons. The monoisotopic (exact) mass is 300 g/mol. The largest absolute Gasteiger partial charge is 0.472 e. The molecule has 7 heteroatoms. The van der Waals surface area contributed by atoms with E-state index in [4.69, 9.17) is 21.8 Å². The highest BCUT2D eigenvalue weighted by atomic mass is 35.5. The summed E-state index contributed by atoms with van der Waals surface area (Å²) in [5.41, 5.74) is 6.71. The first-order valence-electron chi connectivity index (χ1n) is 5.43. The molecular formula is C12H13ClN2O3S. The lowest BCUT2D eigenvalue weighted by atomic mass is 10.3. The minimum Gasteiger partial charge on any atom is -0.472 e. The molecule has 0 saturated heterocycles. The van der Waals surface area contributed by atoms with Crippen molar-refractivity contribution in [2.24, 2.45) is 0 Å². The predicted molar refractivity (Wildman–Crippen MR) is 73.2 cm³/mol. The number of hydrogen-bond acceptors (Lipinski definition) is 4. The highest BCUT2D eigenvalue weighted by Crippen LogP contribution is 2.26. The van der Waals surface area contributed by atoms with Crippen LogP contribution in [0.2, 0.25) is 5.02 Å². The number of hydrogen-bond donors (Lipinski definition) is 1. The number of anilines is 1. The highest BCUT2D eigenvalue weighted by molar-refractivity contribution is 7.89. The van der Waals surface area contributed by atoms with Crippen LogP contribution in [0.3, 0.4) is 0 Å². The van der Waals surface area contributed by atoms with Gasteiger partial charge in [-0.2, -0.15) is 4.31 Å². The van der Waals surface area contributed by atoms with Gasteiger partial charge in [-0.3, -0.25) is 0 Å².